The second kappa shape index (κ2) is 6.25. The SMILES string of the molecule is CCCSc1ncnc(Cl)c1CCC. The van der Waals surface area contributed by atoms with Gasteiger partial charge in [0.1, 0.15) is 16.5 Å². The van der Waals surface area contributed by atoms with Crippen molar-refractivity contribution in [2.24, 2.45) is 0 Å². The van der Waals surface area contributed by atoms with Crippen molar-refractivity contribution < 1.29 is 0 Å². The molecule has 0 atom stereocenters. The first-order chi connectivity index (χ1) is 6.79. The Kier molecular flexibility index (Phi) is 5.26. The van der Waals surface area contributed by atoms with Crippen molar-refractivity contribution in [2.75, 3.05) is 5.75 Å². The molecule has 0 saturated heterocycles. The number of aromatic nitrogens is 2. The van der Waals surface area contributed by atoms with Crippen LogP contribution in [0.3, 0.4) is 0 Å². The maximum Gasteiger partial charge on any atom is 0.136 e. The molecule has 1 aromatic rings. The summed E-state index contributed by atoms with van der Waals surface area (Å²) in [7, 11) is 0. The van der Waals surface area contributed by atoms with Gasteiger partial charge in [-0.25, -0.2) is 9.97 Å². The van der Waals surface area contributed by atoms with Gasteiger partial charge in [-0.2, -0.15) is 0 Å². The Morgan fingerprint density at radius 1 is 1.29 bits per heavy atom. The fourth-order valence-corrected chi connectivity index (χ4v) is 2.34. The Hall–Kier alpha value is -0.280. The van der Waals surface area contributed by atoms with Gasteiger partial charge in [0.2, 0.25) is 0 Å². The summed E-state index contributed by atoms with van der Waals surface area (Å²) < 4.78 is 0. The first-order valence-electron chi connectivity index (χ1n) is 4.91. The molecule has 0 radical (unpaired) electrons. The average Bonchev–Trinajstić information content (AvgIpc) is 2.19. The summed E-state index contributed by atoms with van der Waals surface area (Å²) in [4.78, 5) is 8.27. The molecule has 14 heavy (non-hydrogen) atoms. The molecule has 0 saturated carbocycles. The van der Waals surface area contributed by atoms with E-state index >= 15 is 0 Å². The Morgan fingerprint density at radius 3 is 2.71 bits per heavy atom. The van der Waals surface area contributed by atoms with E-state index in [1.54, 1.807) is 18.1 Å². The van der Waals surface area contributed by atoms with Crippen LogP contribution in [-0.2, 0) is 6.42 Å². The van der Waals surface area contributed by atoms with E-state index in [1.165, 1.54) is 0 Å². The van der Waals surface area contributed by atoms with Crippen molar-refractivity contribution in [3.05, 3.63) is 17.0 Å². The normalized spacial score (nSPS) is 10.5. The topological polar surface area (TPSA) is 25.8 Å². The molecule has 0 bridgehead atoms. The quantitative estimate of drug-likeness (QED) is 0.571. The highest BCUT2D eigenvalue weighted by molar-refractivity contribution is 7.99. The van der Waals surface area contributed by atoms with Crippen molar-refractivity contribution >= 4 is 23.4 Å². The molecule has 1 rings (SSSR count). The zero-order valence-electron chi connectivity index (χ0n) is 8.59. The molecule has 4 heteroatoms. The molecule has 1 heterocycles. The highest BCUT2D eigenvalue weighted by Crippen LogP contribution is 2.26. The van der Waals surface area contributed by atoms with Crippen molar-refractivity contribution in [3.8, 4) is 0 Å². The smallest absolute Gasteiger partial charge is 0.136 e. The second-order valence-electron chi connectivity index (χ2n) is 3.05. The maximum atomic E-state index is 6.02. The predicted octanol–water partition coefficient (Wildman–Crippen LogP) is 3.58. The molecule has 0 unspecified atom stereocenters. The van der Waals surface area contributed by atoms with Crippen LogP contribution in [0.1, 0.15) is 32.3 Å². The van der Waals surface area contributed by atoms with Crippen LogP contribution in [0, 0.1) is 0 Å². The van der Waals surface area contributed by atoms with Gasteiger partial charge in [0, 0.05) is 5.56 Å². The van der Waals surface area contributed by atoms with Gasteiger partial charge >= 0.3 is 0 Å². The first kappa shape index (κ1) is 11.8. The fourth-order valence-electron chi connectivity index (χ4n) is 1.16. The molecule has 0 N–H and O–H groups in total. The van der Waals surface area contributed by atoms with Crippen LogP contribution in [0.15, 0.2) is 11.4 Å². The van der Waals surface area contributed by atoms with Gasteiger partial charge in [0.05, 0.1) is 0 Å². The third-order valence-corrected chi connectivity index (χ3v) is 3.36. The van der Waals surface area contributed by atoms with Gasteiger partial charge in [0.15, 0.2) is 0 Å². The molecule has 0 aliphatic carbocycles. The van der Waals surface area contributed by atoms with E-state index in [2.05, 4.69) is 23.8 Å². The lowest BCUT2D eigenvalue weighted by atomic mass is 10.2. The summed E-state index contributed by atoms with van der Waals surface area (Å²) in [5.74, 6) is 1.09. The molecule has 2 nitrogen and oxygen atoms in total. The van der Waals surface area contributed by atoms with Gasteiger partial charge in [0.25, 0.3) is 0 Å². The molecule has 1 aromatic heterocycles. The summed E-state index contributed by atoms with van der Waals surface area (Å²) >= 11 is 7.79. The van der Waals surface area contributed by atoms with Crippen molar-refractivity contribution in [2.45, 2.75) is 38.1 Å². The van der Waals surface area contributed by atoms with E-state index in [-0.39, 0.29) is 0 Å². The summed E-state index contributed by atoms with van der Waals surface area (Å²) in [6.07, 6.45) is 4.73. The molecule has 0 aliphatic heterocycles. The lowest BCUT2D eigenvalue weighted by Gasteiger charge is -2.07. The minimum atomic E-state index is 0.612. The largest absolute Gasteiger partial charge is 0.230 e. The van der Waals surface area contributed by atoms with Gasteiger partial charge in [-0.15, -0.1) is 11.8 Å². The van der Waals surface area contributed by atoms with Crippen LogP contribution >= 0.6 is 23.4 Å². The number of thioether (sulfide) groups is 1. The van der Waals surface area contributed by atoms with Crippen LogP contribution in [0.5, 0.6) is 0 Å². The maximum absolute atomic E-state index is 6.02. The van der Waals surface area contributed by atoms with Crippen LogP contribution in [0.25, 0.3) is 0 Å². The van der Waals surface area contributed by atoms with E-state index in [4.69, 9.17) is 11.6 Å². The minimum Gasteiger partial charge on any atom is -0.230 e. The van der Waals surface area contributed by atoms with E-state index in [0.29, 0.717) is 5.15 Å². The van der Waals surface area contributed by atoms with E-state index < -0.39 is 0 Å². The standard InChI is InChI=1S/C10H15ClN2S/c1-3-5-8-9(11)12-7-13-10(8)14-6-4-2/h7H,3-6H2,1-2H3. The monoisotopic (exact) mass is 230 g/mol. The van der Waals surface area contributed by atoms with Gasteiger partial charge < -0.3 is 0 Å². The summed E-state index contributed by atoms with van der Waals surface area (Å²) in [6.45, 7) is 4.30. The third kappa shape index (κ3) is 3.14. The van der Waals surface area contributed by atoms with E-state index in [0.717, 1.165) is 35.6 Å². The molecular formula is C10H15ClN2S. The molecule has 0 amide bonds. The highest BCUT2D eigenvalue weighted by Gasteiger charge is 2.08. The summed E-state index contributed by atoms with van der Waals surface area (Å²) in [5, 5.41) is 1.66. The Morgan fingerprint density at radius 2 is 2.07 bits per heavy atom. The zero-order chi connectivity index (χ0) is 10.4. The first-order valence-corrected chi connectivity index (χ1v) is 6.28. The number of nitrogens with zero attached hydrogens (tertiary/aromatic N) is 2. The van der Waals surface area contributed by atoms with Crippen LogP contribution < -0.4 is 0 Å². The summed E-state index contributed by atoms with van der Waals surface area (Å²) in [6, 6.07) is 0. The Balaban J connectivity index is 2.83. The van der Waals surface area contributed by atoms with Crippen molar-refractivity contribution in [3.63, 3.8) is 0 Å². The number of halogens is 1. The highest BCUT2D eigenvalue weighted by atomic mass is 35.5. The molecule has 0 aliphatic rings. The van der Waals surface area contributed by atoms with Crippen LogP contribution in [0.2, 0.25) is 5.15 Å². The Labute approximate surface area is 94.5 Å². The van der Waals surface area contributed by atoms with Crippen LogP contribution in [-0.4, -0.2) is 15.7 Å². The minimum absolute atomic E-state index is 0.612. The number of hydrogen-bond acceptors (Lipinski definition) is 3. The van der Waals surface area contributed by atoms with Crippen molar-refractivity contribution in [1.82, 2.24) is 9.97 Å². The van der Waals surface area contributed by atoms with Gasteiger partial charge in [-0.3, -0.25) is 0 Å². The van der Waals surface area contributed by atoms with Crippen molar-refractivity contribution in [1.29, 1.82) is 0 Å². The predicted molar refractivity (Wildman–Crippen MR) is 62.1 cm³/mol. The second-order valence-corrected chi connectivity index (χ2v) is 4.49. The molecular weight excluding hydrogens is 216 g/mol. The average molecular weight is 231 g/mol. The number of rotatable bonds is 5. The summed E-state index contributed by atoms with van der Waals surface area (Å²) in [5.41, 5.74) is 1.11. The zero-order valence-corrected chi connectivity index (χ0v) is 10.2. The van der Waals surface area contributed by atoms with Gasteiger partial charge in [-0.1, -0.05) is 31.9 Å². The molecule has 0 spiro atoms. The third-order valence-electron chi connectivity index (χ3n) is 1.80. The lowest BCUT2D eigenvalue weighted by molar-refractivity contribution is 0.855. The Bertz CT molecular complexity index is 291. The molecule has 78 valence electrons. The number of hydrogen-bond donors (Lipinski definition) is 0. The fraction of sp³-hybridized carbons (Fsp3) is 0.600. The molecule has 0 aromatic carbocycles. The van der Waals surface area contributed by atoms with Gasteiger partial charge in [-0.05, 0) is 18.6 Å². The van der Waals surface area contributed by atoms with Crippen LogP contribution in [0.4, 0.5) is 0 Å². The van der Waals surface area contributed by atoms with E-state index in [1.807, 2.05) is 0 Å². The molecule has 0 fully saturated rings. The lowest BCUT2D eigenvalue weighted by Crippen LogP contribution is -1.95. The van der Waals surface area contributed by atoms with E-state index in [9.17, 15) is 0 Å².